The number of aromatic nitrogens is 3. The molecule has 32 heavy (non-hydrogen) atoms. The molecule has 0 aliphatic carbocycles. The van der Waals surface area contributed by atoms with Crippen LogP contribution in [-0.4, -0.2) is 45.0 Å². The lowest BCUT2D eigenvalue weighted by molar-refractivity contribution is -0.142. The zero-order chi connectivity index (χ0) is 22.7. The van der Waals surface area contributed by atoms with Gasteiger partial charge in [0.2, 0.25) is 5.88 Å². The van der Waals surface area contributed by atoms with Crippen LogP contribution in [0.2, 0.25) is 0 Å². The molecule has 3 N–H and O–H groups in total. The van der Waals surface area contributed by atoms with Gasteiger partial charge in [0.05, 0.1) is 12.8 Å². The van der Waals surface area contributed by atoms with Gasteiger partial charge in [-0.1, -0.05) is 36.4 Å². The summed E-state index contributed by atoms with van der Waals surface area (Å²) in [5.41, 5.74) is 0.267. The second kappa shape index (κ2) is 8.76. The van der Waals surface area contributed by atoms with Gasteiger partial charge >= 0.3 is 11.7 Å². The molecule has 1 atom stereocenters. The number of aromatic hydroxyl groups is 1. The summed E-state index contributed by atoms with van der Waals surface area (Å²) in [6.07, 6.45) is 3.09. The second-order valence-corrected chi connectivity index (χ2v) is 7.05. The normalized spacial score (nSPS) is 12.3. The molecule has 2 heterocycles. The molecular weight excluding hydrogens is 412 g/mol. The number of aliphatic imine (C=N–C) groups is 1. The summed E-state index contributed by atoms with van der Waals surface area (Å²) in [5.74, 6) is -1.18. The van der Waals surface area contributed by atoms with Crippen molar-refractivity contribution in [2.24, 2.45) is 4.99 Å². The Labute approximate surface area is 181 Å². The van der Waals surface area contributed by atoms with Gasteiger partial charge in [-0.2, -0.15) is 0 Å². The molecule has 0 saturated carbocycles. The Morgan fingerprint density at radius 1 is 1.16 bits per heavy atom. The second-order valence-electron chi connectivity index (χ2n) is 7.05. The first-order valence-electron chi connectivity index (χ1n) is 9.79. The molecule has 4 rings (SSSR count). The van der Waals surface area contributed by atoms with E-state index in [9.17, 15) is 19.5 Å². The highest BCUT2D eigenvalue weighted by atomic mass is 16.5. The maximum absolute atomic E-state index is 12.4. The molecule has 2 aromatic heterocycles. The van der Waals surface area contributed by atoms with Crippen LogP contribution in [0.5, 0.6) is 5.88 Å². The lowest BCUT2D eigenvalue weighted by Crippen LogP contribution is -2.31. The average Bonchev–Trinajstić information content (AvgIpc) is 3.21. The molecule has 0 radical (unpaired) electrons. The summed E-state index contributed by atoms with van der Waals surface area (Å²) in [6.45, 7) is 0. The van der Waals surface area contributed by atoms with Gasteiger partial charge in [0.1, 0.15) is 5.56 Å². The standard InChI is InChI=1S/C23H20N4O5/c1-32-22(30)19(11-14-12-24-18-10-6-5-9-16(14)18)25-13-17-20(28)26-23(31)27(21(17)29)15-7-3-2-4-8-15/h2-10,12-13,19,24,29H,11H2,1H3,(H,26,28,31). The van der Waals surface area contributed by atoms with Crippen molar-refractivity contribution in [2.45, 2.75) is 12.5 Å². The first-order valence-corrected chi connectivity index (χ1v) is 9.79. The number of esters is 1. The number of para-hydroxylation sites is 2. The SMILES string of the molecule is COC(=O)C(Cc1c[nH]c2ccccc12)N=Cc1c(O)n(-c2ccccc2)c(=O)[nH]c1=O. The minimum absolute atomic E-state index is 0.212. The molecule has 0 aliphatic rings. The van der Waals surface area contributed by atoms with Crippen molar-refractivity contribution in [2.75, 3.05) is 7.11 Å². The number of benzene rings is 2. The summed E-state index contributed by atoms with van der Waals surface area (Å²) in [7, 11) is 1.25. The first kappa shape index (κ1) is 20.9. The van der Waals surface area contributed by atoms with Crippen LogP contribution in [0.25, 0.3) is 16.6 Å². The highest BCUT2D eigenvalue weighted by Crippen LogP contribution is 2.21. The molecule has 0 bridgehead atoms. The summed E-state index contributed by atoms with van der Waals surface area (Å²) in [4.78, 5) is 46.5. The third-order valence-corrected chi connectivity index (χ3v) is 5.08. The van der Waals surface area contributed by atoms with E-state index < -0.39 is 29.1 Å². The van der Waals surface area contributed by atoms with Crippen molar-refractivity contribution >= 4 is 23.1 Å². The Morgan fingerprint density at radius 3 is 2.62 bits per heavy atom. The van der Waals surface area contributed by atoms with Gasteiger partial charge in [0, 0.05) is 29.7 Å². The quantitative estimate of drug-likeness (QED) is 0.317. The number of carbonyl (C=O) groups excluding carboxylic acids is 1. The maximum Gasteiger partial charge on any atom is 0.335 e. The smallest absolute Gasteiger partial charge is 0.335 e. The van der Waals surface area contributed by atoms with Gasteiger partial charge in [0.15, 0.2) is 6.04 Å². The molecule has 4 aromatic rings. The van der Waals surface area contributed by atoms with Crippen LogP contribution < -0.4 is 11.2 Å². The summed E-state index contributed by atoms with van der Waals surface area (Å²) in [5, 5.41) is 11.6. The number of nitrogens with one attached hydrogen (secondary N) is 2. The highest BCUT2D eigenvalue weighted by molar-refractivity contribution is 5.87. The third-order valence-electron chi connectivity index (χ3n) is 5.08. The van der Waals surface area contributed by atoms with Crippen molar-refractivity contribution < 1.29 is 14.6 Å². The Kier molecular flexibility index (Phi) is 5.71. The van der Waals surface area contributed by atoms with Crippen molar-refractivity contribution in [1.29, 1.82) is 0 Å². The minimum atomic E-state index is -0.963. The van der Waals surface area contributed by atoms with E-state index in [-0.39, 0.29) is 12.0 Å². The Bertz CT molecular complexity index is 1420. The molecule has 162 valence electrons. The fourth-order valence-electron chi connectivity index (χ4n) is 3.48. The topological polar surface area (TPSA) is 130 Å². The molecular formula is C23H20N4O5. The van der Waals surface area contributed by atoms with Gasteiger partial charge in [0.25, 0.3) is 5.56 Å². The zero-order valence-electron chi connectivity index (χ0n) is 17.1. The molecule has 9 nitrogen and oxygen atoms in total. The van der Waals surface area contributed by atoms with Crippen LogP contribution in [0.4, 0.5) is 0 Å². The lowest BCUT2D eigenvalue weighted by atomic mass is 10.1. The number of fused-ring (bicyclic) bond motifs is 1. The monoisotopic (exact) mass is 432 g/mol. The number of aromatic amines is 2. The minimum Gasteiger partial charge on any atom is -0.493 e. The lowest BCUT2D eigenvalue weighted by Gasteiger charge is -2.11. The average molecular weight is 432 g/mol. The van der Waals surface area contributed by atoms with Crippen molar-refractivity contribution in [1.82, 2.24) is 14.5 Å². The van der Waals surface area contributed by atoms with E-state index in [0.717, 1.165) is 27.2 Å². The number of carbonyl (C=O) groups is 1. The van der Waals surface area contributed by atoms with E-state index in [2.05, 4.69) is 15.0 Å². The Balaban J connectivity index is 1.73. The summed E-state index contributed by atoms with van der Waals surface area (Å²) >= 11 is 0. The fraction of sp³-hybridized carbons (Fsp3) is 0.130. The van der Waals surface area contributed by atoms with Crippen LogP contribution in [0, 0.1) is 0 Å². The largest absolute Gasteiger partial charge is 0.493 e. The fourth-order valence-corrected chi connectivity index (χ4v) is 3.48. The summed E-state index contributed by atoms with van der Waals surface area (Å²) in [6, 6.07) is 15.0. The van der Waals surface area contributed by atoms with Crippen molar-refractivity contribution in [3.05, 3.63) is 92.8 Å². The van der Waals surface area contributed by atoms with E-state index in [1.54, 1.807) is 36.5 Å². The number of methoxy groups -OCH3 is 1. The number of H-pyrrole nitrogens is 2. The van der Waals surface area contributed by atoms with Gasteiger partial charge in [-0.3, -0.25) is 14.8 Å². The van der Waals surface area contributed by atoms with Crippen LogP contribution >= 0.6 is 0 Å². The van der Waals surface area contributed by atoms with E-state index in [1.165, 1.54) is 7.11 Å². The molecule has 0 amide bonds. The number of rotatable bonds is 6. The molecule has 0 fully saturated rings. The van der Waals surface area contributed by atoms with Crippen LogP contribution in [0.15, 0.2) is 75.4 Å². The summed E-state index contributed by atoms with van der Waals surface area (Å²) < 4.78 is 5.82. The predicted octanol–water partition coefficient (Wildman–Crippen LogP) is 1.92. The Hall–Kier alpha value is -4.40. The van der Waals surface area contributed by atoms with Gasteiger partial charge < -0.3 is 14.8 Å². The van der Waals surface area contributed by atoms with Crippen molar-refractivity contribution in [3.8, 4) is 11.6 Å². The number of hydrogen-bond donors (Lipinski definition) is 3. The molecule has 0 spiro atoms. The third kappa shape index (κ3) is 3.95. The van der Waals surface area contributed by atoms with E-state index >= 15 is 0 Å². The number of nitrogens with zero attached hydrogens (tertiary/aromatic N) is 2. The molecule has 9 heteroatoms. The molecule has 1 unspecified atom stereocenters. The highest BCUT2D eigenvalue weighted by Gasteiger charge is 2.21. The predicted molar refractivity (Wildman–Crippen MR) is 120 cm³/mol. The van der Waals surface area contributed by atoms with Crippen LogP contribution in [0.3, 0.4) is 0 Å². The maximum atomic E-state index is 12.4. The number of ether oxygens (including phenoxy) is 1. The molecule has 0 saturated heterocycles. The van der Waals surface area contributed by atoms with Gasteiger partial charge in [-0.25, -0.2) is 14.2 Å². The van der Waals surface area contributed by atoms with Crippen molar-refractivity contribution in [3.63, 3.8) is 0 Å². The Morgan fingerprint density at radius 2 is 1.88 bits per heavy atom. The van der Waals surface area contributed by atoms with Crippen LogP contribution in [0.1, 0.15) is 11.1 Å². The van der Waals surface area contributed by atoms with E-state index in [1.807, 2.05) is 24.3 Å². The van der Waals surface area contributed by atoms with Crippen LogP contribution in [-0.2, 0) is 16.0 Å². The first-order chi connectivity index (χ1) is 15.5. The molecule has 2 aromatic carbocycles. The molecule has 0 aliphatic heterocycles. The van der Waals surface area contributed by atoms with E-state index in [0.29, 0.717) is 5.69 Å². The van der Waals surface area contributed by atoms with Gasteiger partial charge in [-0.15, -0.1) is 0 Å². The zero-order valence-corrected chi connectivity index (χ0v) is 17.1. The van der Waals surface area contributed by atoms with E-state index in [4.69, 9.17) is 4.74 Å². The van der Waals surface area contributed by atoms with Gasteiger partial charge in [-0.05, 0) is 23.8 Å². The number of hydrogen-bond acceptors (Lipinski definition) is 6.